The quantitative estimate of drug-likeness (QED) is 0.0962. The molecule has 1 aromatic rings. The largest absolute Gasteiger partial charge is 0.469 e. The Balaban J connectivity index is 2.03. The lowest BCUT2D eigenvalue weighted by Gasteiger charge is -2.19. The van der Waals surface area contributed by atoms with Gasteiger partial charge in [-0.3, -0.25) is 4.52 Å². The molecular weight excluding hydrogens is 477 g/mol. The van der Waals surface area contributed by atoms with Gasteiger partial charge in [-0.05, 0) is 18.6 Å². The number of ether oxygens (including phenoxy) is 1. The summed E-state index contributed by atoms with van der Waals surface area (Å²) in [6.07, 6.45) is 22.5. The normalized spacial score (nSPS) is 12.4. The maximum Gasteiger partial charge on any atom is 0.469 e. The molecule has 0 aromatic carbocycles. The molecule has 1 heterocycles. The molecule has 0 fully saturated rings. The average molecular weight is 526 g/mol. The van der Waals surface area contributed by atoms with Crippen molar-refractivity contribution in [3.63, 3.8) is 0 Å². The van der Waals surface area contributed by atoms with Crippen LogP contribution < -0.4 is 5.32 Å². The van der Waals surface area contributed by atoms with Crippen LogP contribution in [0.3, 0.4) is 0 Å². The van der Waals surface area contributed by atoms with E-state index in [1.165, 1.54) is 96.1 Å². The Bertz CT molecular complexity index is 736. The van der Waals surface area contributed by atoms with Gasteiger partial charge in [0.25, 0.3) is 0 Å². The molecule has 206 valence electrons. The van der Waals surface area contributed by atoms with E-state index in [0.29, 0.717) is 18.0 Å². The summed E-state index contributed by atoms with van der Waals surface area (Å²) in [6.45, 7) is 2.88. The summed E-state index contributed by atoms with van der Waals surface area (Å²) in [6, 6.07) is 4.78. The number of hydrogen-bond donors (Lipinski definition) is 3. The van der Waals surface area contributed by atoms with Gasteiger partial charge in [-0.1, -0.05) is 103 Å². The van der Waals surface area contributed by atoms with E-state index in [4.69, 9.17) is 19.8 Å². The van der Waals surface area contributed by atoms with Crippen molar-refractivity contribution in [1.29, 1.82) is 5.26 Å². The van der Waals surface area contributed by atoms with Gasteiger partial charge in [-0.25, -0.2) is 9.55 Å². The number of pyridine rings is 1. The van der Waals surface area contributed by atoms with Crippen LogP contribution >= 0.6 is 7.82 Å². The number of rotatable bonds is 24. The number of phosphoric acid groups is 1. The third-order valence-electron chi connectivity index (χ3n) is 6.15. The van der Waals surface area contributed by atoms with Crippen molar-refractivity contribution in [2.24, 2.45) is 0 Å². The van der Waals surface area contributed by atoms with E-state index in [2.05, 4.69) is 21.7 Å². The molecule has 3 N–H and O–H groups in total. The van der Waals surface area contributed by atoms with Crippen molar-refractivity contribution in [3.8, 4) is 6.07 Å². The highest BCUT2D eigenvalue weighted by Crippen LogP contribution is 2.35. The minimum absolute atomic E-state index is 0.217. The molecule has 0 unspecified atom stereocenters. The summed E-state index contributed by atoms with van der Waals surface area (Å²) in [5.41, 5.74) is 0.434. The monoisotopic (exact) mass is 525 g/mol. The third kappa shape index (κ3) is 19.7. The second-order valence-electron chi connectivity index (χ2n) is 9.55. The summed E-state index contributed by atoms with van der Waals surface area (Å²) in [4.78, 5) is 22.1. The first-order chi connectivity index (χ1) is 17.4. The van der Waals surface area contributed by atoms with E-state index in [1.807, 2.05) is 6.07 Å². The SMILES string of the molecule is CCCCCCCCCCCCCCCCCCOC[C@H](COP(=O)(O)O)Nc1ccc(C#N)cn1. The lowest BCUT2D eigenvalue weighted by molar-refractivity contribution is 0.0991. The van der Waals surface area contributed by atoms with E-state index in [-0.39, 0.29) is 13.2 Å². The number of nitrogens with zero attached hydrogens (tertiary/aromatic N) is 2. The van der Waals surface area contributed by atoms with Gasteiger partial charge in [0, 0.05) is 12.8 Å². The van der Waals surface area contributed by atoms with Gasteiger partial charge in [0.15, 0.2) is 0 Å². The Morgan fingerprint density at radius 3 is 1.86 bits per heavy atom. The minimum atomic E-state index is -4.57. The van der Waals surface area contributed by atoms with E-state index >= 15 is 0 Å². The molecule has 0 saturated carbocycles. The van der Waals surface area contributed by atoms with Gasteiger partial charge < -0.3 is 19.8 Å². The lowest BCUT2D eigenvalue weighted by Crippen LogP contribution is -2.31. The number of unbranched alkanes of at least 4 members (excludes halogenated alkanes) is 15. The van der Waals surface area contributed by atoms with Crippen molar-refractivity contribution >= 4 is 13.6 Å². The topological polar surface area (TPSA) is 125 Å². The summed E-state index contributed by atoms with van der Waals surface area (Å²) < 4.78 is 21.4. The third-order valence-corrected chi connectivity index (χ3v) is 6.64. The summed E-state index contributed by atoms with van der Waals surface area (Å²) in [5.74, 6) is 0.485. The Morgan fingerprint density at radius 1 is 0.889 bits per heavy atom. The molecule has 0 radical (unpaired) electrons. The highest BCUT2D eigenvalue weighted by molar-refractivity contribution is 7.46. The zero-order valence-corrected chi connectivity index (χ0v) is 23.1. The number of anilines is 1. The molecule has 1 rings (SSSR count). The number of hydrogen-bond acceptors (Lipinski definition) is 6. The number of nitriles is 1. The summed E-state index contributed by atoms with van der Waals surface area (Å²) in [7, 11) is -4.57. The molecule has 0 aliphatic carbocycles. The van der Waals surface area contributed by atoms with Crippen LogP contribution in [0.15, 0.2) is 18.3 Å². The van der Waals surface area contributed by atoms with Crippen molar-refractivity contribution in [1.82, 2.24) is 4.98 Å². The first kappa shape index (κ1) is 32.5. The maximum absolute atomic E-state index is 11.1. The molecule has 36 heavy (non-hydrogen) atoms. The zero-order valence-electron chi connectivity index (χ0n) is 22.2. The summed E-state index contributed by atoms with van der Waals surface area (Å²) in [5, 5.41) is 11.9. The summed E-state index contributed by atoms with van der Waals surface area (Å²) >= 11 is 0. The second-order valence-corrected chi connectivity index (χ2v) is 10.8. The van der Waals surface area contributed by atoms with E-state index in [1.54, 1.807) is 12.1 Å². The van der Waals surface area contributed by atoms with Crippen molar-refractivity contribution in [2.75, 3.05) is 25.1 Å². The van der Waals surface area contributed by atoms with Crippen molar-refractivity contribution in [2.45, 2.75) is 116 Å². The molecule has 0 spiro atoms. The average Bonchev–Trinajstić information content (AvgIpc) is 2.86. The predicted octanol–water partition coefficient (Wildman–Crippen LogP) is 7.12. The predicted molar refractivity (Wildman–Crippen MR) is 145 cm³/mol. The van der Waals surface area contributed by atoms with E-state index in [9.17, 15) is 4.57 Å². The van der Waals surface area contributed by atoms with Gasteiger partial charge in [0.2, 0.25) is 0 Å². The fourth-order valence-electron chi connectivity index (χ4n) is 4.05. The Kier molecular flexibility index (Phi) is 19.5. The van der Waals surface area contributed by atoms with E-state index < -0.39 is 13.9 Å². The molecule has 9 heteroatoms. The van der Waals surface area contributed by atoms with Crippen LogP contribution in [0.5, 0.6) is 0 Å². The smallest absolute Gasteiger partial charge is 0.379 e. The fourth-order valence-corrected chi connectivity index (χ4v) is 4.42. The van der Waals surface area contributed by atoms with Crippen LogP contribution in [0.25, 0.3) is 0 Å². The zero-order chi connectivity index (χ0) is 26.3. The highest BCUT2D eigenvalue weighted by Gasteiger charge is 2.19. The molecular formula is C27H48N3O5P. The van der Waals surface area contributed by atoms with Gasteiger partial charge >= 0.3 is 7.82 Å². The number of nitrogens with one attached hydrogen (secondary N) is 1. The first-order valence-electron chi connectivity index (χ1n) is 13.8. The molecule has 0 amide bonds. The van der Waals surface area contributed by atoms with Gasteiger partial charge in [-0.2, -0.15) is 5.26 Å². The molecule has 0 saturated heterocycles. The Hall–Kier alpha value is -1.49. The minimum Gasteiger partial charge on any atom is -0.379 e. The van der Waals surface area contributed by atoms with Crippen LogP contribution in [-0.4, -0.2) is 40.6 Å². The van der Waals surface area contributed by atoms with Crippen molar-refractivity contribution < 1.29 is 23.6 Å². The molecule has 8 nitrogen and oxygen atoms in total. The Labute approximate surface area is 218 Å². The van der Waals surface area contributed by atoms with Gasteiger partial charge in [0.1, 0.15) is 11.9 Å². The fraction of sp³-hybridized carbons (Fsp3) is 0.778. The van der Waals surface area contributed by atoms with Crippen LogP contribution in [0.4, 0.5) is 5.82 Å². The van der Waals surface area contributed by atoms with Crippen LogP contribution in [-0.2, 0) is 13.8 Å². The maximum atomic E-state index is 11.1. The highest BCUT2D eigenvalue weighted by atomic mass is 31.2. The van der Waals surface area contributed by atoms with Crippen molar-refractivity contribution in [3.05, 3.63) is 23.9 Å². The first-order valence-corrected chi connectivity index (χ1v) is 15.4. The molecule has 1 atom stereocenters. The number of aromatic nitrogens is 1. The van der Waals surface area contributed by atoms with Crippen LogP contribution in [0, 0.1) is 11.3 Å². The molecule has 0 aliphatic heterocycles. The molecule has 0 bridgehead atoms. The Morgan fingerprint density at radius 2 is 1.42 bits per heavy atom. The van der Waals surface area contributed by atoms with Crippen LogP contribution in [0.2, 0.25) is 0 Å². The van der Waals surface area contributed by atoms with Gasteiger partial charge in [-0.15, -0.1) is 0 Å². The van der Waals surface area contributed by atoms with Crippen LogP contribution in [0.1, 0.15) is 115 Å². The van der Waals surface area contributed by atoms with E-state index in [0.717, 1.165) is 12.8 Å². The molecule has 1 aromatic heterocycles. The molecule has 0 aliphatic rings. The van der Waals surface area contributed by atoms with Gasteiger partial charge in [0.05, 0.1) is 24.8 Å². The number of phosphoric ester groups is 1. The lowest BCUT2D eigenvalue weighted by atomic mass is 10.0. The second kappa shape index (κ2) is 21.6. The standard InChI is InChI=1S/C27H48N3O5P/c1-2-3-4-5-6-7-8-9-10-11-12-13-14-15-16-17-20-34-23-26(24-35-36(31,32)33)30-27-19-18-25(21-28)22-29-27/h18-19,22,26H,2-17,20,23-24H2,1H3,(H,29,30)(H2,31,32,33)/t26-/m1/s1.